The first kappa shape index (κ1) is 16.3. The molecule has 0 saturated carbocycles. The summed E-state index contributed by atoms with van der Waals surface area (Å²) in [6.07, 6.45) is 3.71. The van der Waals surface area contributed by atoms with Gasteiger partial charge in [0.2, 0.25) is 0 Å². The molecule has 5 nitrogen and oxygen atoms in total. The number of nitrogens with zero attached hydrogens (tertiary/aromatic N) is 4. The van der Waals surface area contributed by atoms with Gasteiger partial charge >= 0.3 is 0 Å². The lowest BCUT2D eigenvalue weighted by molar-refractivity contribution is 0.795. The van der Waals surface area contributed by atoms with Crippen LogP contribution in [0.5, 0.6) is 0 Å². The Kier molecular flexibility index (Phi) is 4.13. The molecule has 26 heavy (non-hydrogen) atoms. The Labute approximate surface area is 152 Å². The summed E-state index contributed by atoms with van der Waals surface area (Å²) >= 11 is 0. The second-order valence-electron chi connectivity index (χ2n) is 6.67. The normalized spacial score (nSPS) is 11.2. The van der Waals surface area contributed by atoms with Gasteiger partial charge in [-0.05, 0) is 37.3 Å². The van der Waals surface area contributed by atoms with Crippen LogP contribution in [-0.2, 0) is 0 Å². The van der Waals surface area contributed by atoms with Gasteiger partial charge in [0.25, 0.3) is 0 Å². The first-order valence-corrected chi connectivity index (χ1v) is 8.76. The number of hydrogen-bond donors (Lipinski definition) is 1. The molecule has 0 atom stereocenters. The topological polar surface area (TPSA) is 59.4 Å². The van der Waals surface area contributed by atoms with E-state index in [-0.39, 0.29) is 0 Å². The number of H-pyrrole nitrogens is 1. The van der Waals surface area contributed by atoms with Crippen molar-refractivity contribution in [3.8, 4) is 28.3 Å². The maximum Gasteiger partial charge on any atom is 0.109 e. The van der Waals surface area contributed by atoms with Crippen LogP contribution < -0.4 is 0 Å². The number of aromatic nitrogens is 5. The zero-order valence-corrected chi connectivity index (χ0v) is 15.1. The fraction of sp³-hybridized carbons (Fsp3) is 0.190. The lowest BCUT2D eigenvalue weighted by Crippen LogP contribution is -1.95. The van der Waals surface area contributed by atoms with Crippen LogP contribution in [0.3, 0.4) is 0 Å². The average Bonchev–Trinajstić information content (AvgIpc) is 3.32. The van der Waals surface area contributed by atoms with Crippen LogP contribution in [0.2, 0.25) is 0 Å². The van der Waals surface area contributed by atoms with Crippen molar-refractivity contribution in [3.63, 3.8) is 0 Å². The fourth-order valence-electron chi connectivity index (χ4n) is 2.96. The fourth-order valence-corrected chi connectivity index (χ4v) is 2.96. The molecule has 3 aromatic heterocycles. The Morgan fingerprint density at radius 1 is 1.00 bits per heavy atom. The number of aryl methyl sites for hydroxylation is 1. The van der Waals surface area contributed by atoms with Crippen LogP contribution >= 0.6 is 0 Å². The molecule has 0 spiro atoms. The minimum atomic E-state index is 0.307. The SMILES string of the molecule is Cc1cccc(-c2[nH]c(C(C)C)nc2-c2cccc(-n3cccn3)c2)n1. The van der Waals surface area contributed by atoms with Gasteiger partial charge in [-0.25, -0.2) is 9.67 Å². The molecule has 130 valence electrons. The summed E-state index contributed by atoms with van der Waals surface area (Å²) in [6.45, 7) is 6.27. The quantitative estimate of drug-likeness (QED) is 0.581. The Morgan fingerprint density at radius 2 is 1.85 bits per heavy atom. The van der Waals surface area contributed by atoms with Crippen molar-refractivity contribution in [3.05, 3.63) is 72.4 Å². The summed E-state index contributed by atoms with van der Waals surface area (Å²) in [5.41, 5.74) is 5.81. The number of rotatable bonds is 4. The Bertz CT molecular complexity index is 1030. The van der Waals surface area contributed by atoms with Gasteiger partial charge in [-0.1, -0.05) is 32.0 Å². The standard InChI is InChI=1S/C21H21N5/c1-14(2)21-24-19(20(25-21)18-10-4-7-15(3)23-18)16-8-5-9-17(13-16)26-12-6-11-22-26/h4-14H,1-3H3,(H,24,25). The average molecular weight is 343 g/mol. The minimum Gasteiger partial charge on any atom is -0.340 e. The second-order valence-corrected chi connectivity index (χ2v) is 6.67. The van der Waals surface area contributed by atoms with Crippen LogP contribution in [0, 0.1) is 6.92 Å². The van der Waals surface area contributed by atoms with Crippen molar-refractivity contribution in [1.82, 2.24) is 24.7 Å². The van der Waals surface area contributed by atoms with Crippen molar-refractivity contribution in [2.24, 2.45) is 0 Å². The van der Waals surface area contributed by atoms with Crippen LogP contribution in [0.15, 0.2) is 60.9 Å². The molecule has 0 saturated heterocycles. The van der Waals surface area contributed by atoms with Gasteiger partial charge in [-0.3, -0.25) is 4.98 Å². The molecular weight excluding hydrogens is 322 g/mol. The number of hydrogen-bond acceptors (Lipinski definition) is 3. The molecule has 4 rings (SSSR count). The molecule has 0 aliphatic rings. The Balaban J connectivity index is 1.87. The zero-order chi connectivity index (χ0) is 18.1. The Morgan fingerprint density at radius 3 is 2.58 bits per heavy atom. The molecule has 0 amide bonds. The van der Waals surface area contributed by atoms with Gasteiger partial charge in [0.15, 0.2) is 0 Å². The molecule has 0 bridgehead atoms. The van der Waals surface area contributed by atoms with E-state index in [2.05, 4.69) is 41.0 Å². The summed E-state index contributed by atoms with van der Waals surface area (Å²) in [4.78, 5) is 13.1. The summed E-state index contributed by atoms with van der Waals surface area (Å²) < 4.78 is 1.85. The number of pyridine rings is 1. The van der Waals surface area contributed by atoms with Crippen LogP contribution in [0.25, 0.3) is 28.3 Å². The molecule has 0 aliphatic heterocycles. The summed E-state index contributed by atoms with van der Waals surface area (Å²) in [7, 11) is 0. The lowest BCUT2D eigenvalue weighted by atomic mass is 10.1. The van der Waals surface area contributed by atoms with Crippen molar-refractivity contribution in [1.29, 1.82) is 0 Å². The third kappa shape index (κ3) is 3.04. The molecule has 0 radical (unpaired) electrons. The van der Waals surface area contributed by atoms with E-state index in [1.807, 2.05) is 54.2 Å². The van der Waals surface area contributed by atoms with E-state index < -0.39 is 0 Å². The highest BCUT2D eigenvalue weighted by Gasteiger charge is 2.17. The van der Waals surface area contributed by atoms with E-state index in [0.717, 1.165) is 39.9 Å². The first-order valence-electron chi connectivity index (χ1n) is 8.76. The van der Waals surface area contributed by atoms with Gasteiger partial charge in [0.05, 0.1) is 22.8 Å². The number of benzene rings is 1. The van der Waals surface area contributed by atoms with E-state index in [9.17, 15) is 0 Å². The molecule has 0 fully saturated rings. The predicted octanol–water partition coefficient (Wildman–Crippen LogP) is 4.76. The van der Waals surface area contributed by atoms with E-state index in [4.69, 9.17) is 4.98 Å². The Hall–Kier alpha value is -3.21. The third-order valence-corrected chi connectivity index (χ3v) is 4.30. The molecule has 3 heterocycles. The van der Waals surface area contributed by atoms with E-state index >= 15 is 0 Å². The molecule has 5 heteroatoms. The van der Waals surface area contributed by atoms with Crippen molar-refractivity contribution < 1.29 is 0 Å². The smallest absolute Gasteiger partial charge is 0.109 e. The van der Waals surface area contributed by atoms with Gasteiger partial charge in [0, 0.05) is 29.6 Å². The summed E-state index contributed by atoms with van der Waals surface area (Å²) in [5.74, 6) is 1.27. The minimum absolute atomic E-state index is 0.307. The van der Waals surface area contributed by atoms with Gasteiger partial charge in [0.1, 0.15) is 5.82 Å². The number of imidazole rings is 1. The van der Waals surface area contributed by atoms with Crippen LogP contribution in [-0.4, -0.2) is 24.7 Å². The number of aromatic amines is 1. The highest BCUT2D eigenvalue weighted by Crippen LogP contribution is 2.32. The largest absolute Gasteiger partial charge is 0.340 e. The van der Waals surface area contributed by atoms with E-state index in [0.29, 0.717) is 5.92 Å². The lowest BCUT2D eigenvalue weighted by Gasteiger charge is -2.06. The van der Waals surface area contributed by atoms with E-state index in [1.165, 1.54) is 0 Å². The van der Waals surface area contributed by atoms with E-state index in [1.54, 1.807) is 6.20 Å². The van der Waals surface area contributed by atoms with Crippen molar-refractivity contribution in [2.45, 2.75) is 26.7 Å². The number of nitrogens with one attached hydrogen (secondary N) is 1. The molecule has 1 aromatic carbocycles. The van der Waals surface area contributed by atoms with Crippen molar-refractivity contribution in [2.75, 3.05) is 0 Å². The molecule has 4 aromatic rings. The van der Waals surface area contributed by atoms with Gasteiger partial charge in [-0.2, -0.15) is 5.10 Å². The maximum atomic E-state index is 4.88. The summed E-state index contributed by atoms with van der Waals surface area (Å²) in [6, 6.07) is 16.2. The van der Waals surface area contributed by atoms with Gasteiger partial charge in [-0.15, -0.1) is 0 Å². The predicted molar refractivity (Wildman–Crippen MR) is 103 cm³/mol. The second kappa shape index (κ2) is 6.59. The third-order valence-electron chi connectivity index (χ3n) is 4.30. The highest BCUT2D eigenvalue weighted by atomic mass is 15.3. The molecule has 0 unspecified atom stereocenters. The highest BCUT2D eigenvalue weighted by molar-refractivity contribution is 5.77. The van der Waals surface area contributed by atoms with Crippen LogP contribution in [0.4, 0.5) is 0 Å². The molecule has 0 aliphatic carbocycles. The first-order chi connectivity index (χ1) is 12.6. The zero-order valence-electron chi connectivity index (χ0n) is 15.1. The van der Waals surface area contributed by atoms with Gasteiger partial charge < -0.3 is 4.98 Å². The van der Waals surface area contributed by atoms with Crippen molar-refractivity contribution >= 4 is 0 Å². The monoisotopic (exact) mass is 343 g/mol. The molecular formula is C21H21N5. The maximum absolute atomic E-state index is 4.88. The molecule has 1 N–H and O–H groups in total. The van der Waals surface area contributed by atoms with Crippen LogP contribution in [0.1, 0.15) is 31.3 Å². The summed E-state index contributed by atoms with van der Waals surface area (Å²) in [5, 5.41) is 4.32.